The molecule has 0 radical (unpaired) electrons. The Morgan fingerprint density at radius 1 is 1.60 bits per heavy atom. The van der Waals surface area contributed by atoms with E-state index in [0.29, 0.717) is 5.57 Å². The normalized spacial score (nSPS) is 14.4. The highest BCUT2D eigenvalue weighted by Crippen LogP contribution is 2.03. The van der Waals surface area contributed by atoms with Gasteiger partial charge in [0, 0.05) is 0 Å². The molecule has 0 aromatic heterocycles. The molecule has 0 aromatic carbocycles. The van der Waals surface area contributed by atoms with Gasteiger partial charge < -0.3 is 5.11 Å². The lowest BCUT2D eigenvalue weighted by Gasteiger charge is -2.04. The smallest absolute Gasteiger partial charge is 0.119 e. The van der Waals surface area contributed by atoms with Crippen LogP contribution in [0, 0.1) is 0 Å². The SMILES string of the molecule is C=C/C=C(\C=C)C(O)CF. The van der Waals surface area contributed by atoms with Gasteiger partial charge in [-0.3, -0.25) is 0 Å². The van der Waals surface area contributed by atoms with Gasteiger partial charge in [0.2, 0.25) is 0 Å². The summed E-state index contributed by atoms with van der Waals surface area (Å²) in [5.74, 6) is 0. The zero-order chi connectivity index (χ0) is 7.98. The maximum Gasteiger partial charge on any atom is 0.119 e. The van der Waals surface area contributed by atoms with E-state index in [4.69, 9.17) is 5.11 Å². The highest BCUT2D eigenvalue weighted by molar-refractivity contribution is 5.24. The molecule has 0 spiro atoms. The van der Waals surface area contributed by atoms with Crippen molar-refractivity contribution in [1.29, 1.82) is 0 Å². The molecule has 2 heteroatoms. The first-order chi connectivity index (χ1) is 4.76. The van der Waals surface area contributed by atoms with Crippen LogP contribution >= 0.6 is 0 Å². The van der Waals surface area contributed by atoms with E-state index >= 15 is 0 Å². The fourth-order valence-corrected chi connectivity index (χ4v) is 0.540. The lowest BCUT2D eigenvalue weighted by molar-refractivity contribution is 0.176. The predicted octanol–water partition coefficient (Wildman–Crippen LogP) is 1.62. The molecule has 0 heterocycles. The largest absolute Gasteiger partial charge is 0.386 e. The van der Waals surface area contributed by atoms with Crippen LogP contribution in [-0.4, -0.2) is 17.9 Å². The lowest BCUT2D eigenvalue weighted by atomic mass is 10.1. The summed E-state index contributed by atoms with van der Waals surface area (Å²) in [7, 11) is 0. The Labute approximate surface area is 60.2 Å². The molecular weight excluding hydrogens is 131 g/mol. The van der Waals surface area contributed by atoms with Crippen molar-refractivity contribution in [1.82, 2.24) is 0 Å². The van der Waals surface area contributed by atoms with Crippen molar-refractivity contribution < 1.29 is 9.50 Å². The second-order valence-corrected chi connectivity index (χ2v) is 1.78. The molecule has 1 unspecified atom stereocenters. The van der Waals surface area contributed by atoms with Gasteiger partial charge in [-0.1, -0.05) is 31.4 Å². The third kappa shape index (κ3) is 2.60. The fourth-order valence-electron chi connectivity index (χ4n) is 0.540. The fraction of sp³-hybridized carbons (Fsp3) is 0.250. The first-order valence-corrected chi connectivity index (χ1v) is 2.95. The number of halogens is 1. The second-order valence-electron chi connectivity index (χ2n) is 1.78. The van der Waals surface area contributed by atoms with E-state index in [0.717, 1.165) is 0 Å². The molecule has 0 saturated heterocycles. The van der Waals surface area contributed by atoms with Gasteiger partial charge in [-0.2, -0.15) is 0 Å². The number of alkyl halides is 1. The Balaban J connectivity index is 4.18. The minimum absolute atomic E-state index is 0.456. The minimum atomic E-state index is -1.06. The molecule has 0 amide bonds. The van der Waals surface area contributed by atoms with Crippen molar-refractivity contribution in [2.45, 2.75) is 6.10 Å². The zero-order valence-electron chi connectivity index (χ0n) is 5.76. The number of hydrogen-bond donors (Lipinski definition) is 1. The van der Waals surface area contributed by atoms with Gasteiger partial charge in [0.1, 0.15) is 12.8 Å². The van der Waals surface area contributed by atoms with Gasteiger partial charge in [-0.05, 0) is 5.57 Å². The molecule has 0 fully saturated rings. The van der Waals surface area contributed by atoms with Gasteiger partial charge in [0.05, 0.1) is 0 Å². The van der Waals surface area contributed by atoms with Crippen molar-refractivity contribution in [2.75, 3.05) is 6.67 Å². The van der Waals surface area contributed by atoms with Crippen LogP contribution in [0.25, 0.3) is 0 Å². The highest BCUT2D eigenvalue weighted by Gasteiger charge is 2.04. The van der Waals surface area contributed by atoms with E-state index < -0.39 is 12.8 Å². The monoisotopic (exact) mass is 142 g/mol. The molecule has 0 aliphatic carbocycles. The summed E-state index contributed by atoms with van der Waals surface area (Å²) in [6.07, 6.45) is 3.36. The Morgan fingerprint density at radius 2 is 2.20 bits per heavy atom. The average Bonchev–Trinajstić information content (AvgIpc) is 1.99. The van der Waals surface area contributed by atoms with Crippen molar-refractivity contribution >= 4 is 0 Å². The summed E-state index contributed by atoms with van der Waals surface area (Å²) in [6.45, 7) is 6.03. The van der Waals surface area contributed by atoms with E-state index in [1.54, 1.807) is 0 Å². The molecule has 0 saturated carbocycles. The van der Waals surface area contributed by atoms with E-state index in [2.05, 4.69) is 13.2 Å². The van der Waals surface area contributed by atoms with Crippen LogP contribution in [0.15, 0.2) is 37.0 Å². The highest BCUT2D eigenvalue weighted by atomic mass is 19.1. The molecule has 1 nitrogen and oxygen atoms in total. The summed E-state index contributed by atoms with van der Waals surface area (Å²) in [5, 5.41) is 8.89. The van der Waals surface area contributed by atoms with Gasteiger partial charge >= 0.3 is 0 Å². The van der Waals surface area contributed by atoms with E-state index in [1.165, 1.54) is 18.2 Å². The average molecular weight is 142 g/mol. The van der Waals surface area contributed by atoms with Gasteiger partial charge in [-0.15, -0.1) is 0 Å². The van der Waals surface area contributed by atoms with Crippen LogP contribution in [-0.2, 0) is 0 Å². The van der Waals surface area contributed by atoms with Crippen LogP contribution in [0.4, 0.5) is 4.39 Å². The minimum Gasteiger partial charge on any atom is -0.386 e. The summed E-state index contributed by atoms with van der Waals surface area (Å²) < 4.78 is 11.8. The number of aliphatic hydroxyl groups is 1. The Bertz CT molecular complexity index is 149. The van der Waals surface area contributed by atoms with Crippen molar-refractivity contribution in [3.05, 3.63) is 37.0 Å². The standard InChI is InChI=1S/C8H11FO/c1-3-5-7(4-2)8(10)6-9/h3-5,8,10H,1-2,6H2/b7-5+. The zero-order valence-corrected chi connectivity index (χ0v) is 5.76. The van der Waals surface area contributed by atoms with Crippen LogP contribution in [0.5, 0.6) is 0 Å². The van der Waals surface area contributed by atoms with E-state index in [-0.39, 0.29) is 0 Å². The molecule has 1 N–H and O–H groups in total. The van der Waals surface area contributed by atoms with E-state index in [9.17, 15) is 4.39 Å². The maximum absolute atomic E-state index is 11.8. The molecule has 0 bridgehead atoms. The summed E-state index contributed by atoms with van der Waals surface area (Å²) in [4.78, 5) is 0. The maximum atomic E-state index is 11.8. The number of hydrogen-bond acceptors (Lipinski definition) is 1. The van der Waals surface area contributed by atoms with E-state index in [1.807, 2.05) is 0 Å². The van der Waals surface area contributed by atoms with Crippen molar-refractivity contribution in [2.24, 2.45) is 0 Å². The van der Waals surface area contributed by atoms with Crippen LogP contribution < -0.4 is 0 Å². The van der Waals surface area contributed by atoms with Crippen molar-refractivity contribution in [3.8, 4) is 0 Å². The summed E-state index contributed by atoms with van der Waals surface area (Å²) >= 11 is 0. The van der Waals surface area contributed by atoms with Crippen LogP contribution in [0.2, 0.25) is 0 Å². The molecule has 0 aromatic rings. The van der Waals surface area contributed by atoms with Crippen LogP contribution in [0.1, 0.15) is 0 Å². The topological polar surface area (TPSA) is 20.2 Å². The first kappa shape index (κ1) is 9.11. The van der Waals surface area contributed by atoms with Crippen LogP contribution in [0.3, 0.4) is 0 Å². The molecule has 0 aliphatic rings. The number of rotatable bonds is 4. The molecule has 10 heavy (non-hydrogen) atoms. The molecule has 0 aliphatic heterocycles. The predicted molar refractivity (Wildman–Crippen MR) is 40.5 cm³/mol. The third-order valence-electron chi connectivity index (χ3n) is 1.08. The quantitative estimate of drug-likeness (QED) is 0.591. The molecular formula is C8H11FO. The van der Waals surface area contributed by atoms with Gasteiger partial charge in [-0.25, -0.2) is 4.39 Å². The Hall–Kier alpha value is -0.890. The molecule has 0 rings (SSSR count). The number of aliphatic hydroxyl groups excluding tert-OH is 1. The lowest BCUT2D eigenvalue weighted by Crippen LogP contribution is -2.10. The first-order valence-electron chi connectivity index (χ1n) is 2.95. The Morgan fingerprint density at radius 3 is 2.50 bits per heavy atom. The Kier molecular flexibility index (Phi) is 4.50. The summed E-state index contributed by atoms with van der Waals surface area (Å²) in [6, 6.07) is 0. The third-order valence-corrected chi connectivity index (χ3v) is 1.08. The van der Waals surface area contributed by atoms with Crippen molar-refractivity contribution in [3.63, 3.8) is 0 Å². The molecule has 56 valence electrons. The second kappa shape index (κ2) is 4.94. The summed E-state index contributed by atoms with van der Waals surface area (Å²) in [5.41, 5.74) is 0.456. The van der Waals surface area contributed by atoms with Gasteiger partial charge in [0.15, 0.2) is 0 Å². The van der Waals surface area contributed by atoms with Gasteiger partial charge in [0.25, 0.3) is 0 Å². The molecule has 1 atom stereocenters. The number of allylic oxidation sites excluding steroid dienone is 2.